The van der Waals surface area contributed by atoms with Gasteiger partial charge in [-0.2, -0.15) is 4.31 Å². The third kappa shape index (κ3) is 5.55. The van der Waals surface area contributed by atoms with Crippen LogP contribution in [0.2, 0.25) is 0 Å². The lowest BCUT2D eigenvalue weighted by molar-refractivity contribution is -0.129. The summed E-state index contributed by atoms with van der Waals surface area (Å²) in [7, 11) is -1.95. The minimum atomic E-state index is -3.61. The van der Waals surface area contributed by atoms with Gasteiger partial charge in [0.25, 0.3) is 0 Å². The summed E-state index contributed by atoms with van der Waals surface area (Å²) in [6.45, 7) is 2.66. The molecule has 0 atom stereocenters. The third-order valence-electron chi connectivity index (χ3n) is 5.60. The number of nitrogens with zero attached hydrogens (tertiary/aromatic N) is 5. The van der Waals surface area contributed by atoms with E-state index in [0.717, 1.165) is 23.7 Å². The van der Waals surface area contributed by atoms with Crippen LogP contribution in [0.5, 0.6) is 0 Å². The minimum Gasteiger partial charge on any atom is -0.385 e. The van der Waals surface area contributed by atoms with Crippen molar-refractivity contribution in [2.24, 2.45) is 0 Å². The van der Waals surface area contributed by atoms with Crippen molar-refractivity contribution in [3.05, 3.63) is 48.8 Å². The van der Waals surface area contributed by atoms with Crippen molar-refractivity contribution in [3.63, 3.8) is 0 Å². The number of benzene rings is 2. The van der Waals surface area contributed by atoms with Gasteiger partial charge in [0.1, 0.15) is 6.33 Å². The highest BCUT2D eigenvalue weighted by atomic mass is 32.2. The molecule has 0 radical (unpaired) electrons. The first-order valence-corrected chi connectivity index (χ1v) is 13.2. The van der Waals surface area contributed by atoms with Crippen LogP contribution in [0.3, 0.4) is 0 Å². The number of hydrogen-bond donors (Lipinski definition) is 0. The van der Waals surface area contributed by atoms with Crippen LogP contribution in [0.4, 0.5) is 0 Å². The van der Waals surface area contributed by atoms with Crippen LogP contribution in [0.1, 0.15) is 6.42 Å². The molecule has 0 spiro atoms. The van der Waals surface area contributed by atoms with Gasteiger partial charge in [-0.05, 0) is 29.3 Å². The molecule has 9 nitrogen and oxygen atoms in total. The van der Waals surface area contributed by atoms with Gasteiger partial charge in [-0.3, -0.25) is 4.79 Å². The average molecular weight is 490 g/mol. The molecule has 2 heterocycles. The molecule has 1 saturated heterocycles. The Kier molecular flexibility index (Phi) is 7.63. The molecule has 1 fully saturated rings. The van der Waals surface area contributed by atoms with E-state index < -0.39 is 10.0 Å². The normalized spacial score (nSPS) is 15.2. The first-order chi connectivity index (χ1) is 16.0. The topological polar surface area (TPSA) is 97.6 Å². The first kappa shape index (κ1) is 23.7. The van der Waals surface area contributed by atoms with E-state index in [1.807, 2.05) is 34.9 Å². The number of carbonyl (C=O) groups is 1. The molecule has 0 N–H and O–H groups in total. The molecular formula is C22H27N5O4S2. The lowest BCUT2D eigenvalue weighted by Gasteiger charge is -2.34. The zero-order valence-corrected chi connectivity index (χ0v) is 20.1. The number of amides is 1. The molecule has 3 aromatic rings. The summed E-state index contributed by atoms with van der Waals surface area (Å²) in [5.41, 5.74) is 0. The first-order valence-electron chi connectivity index (χ1n) is 10.8. The van der Waals surface area contributed by atoms with Crippen LogP contribution in [0, 0.1) is 0 Å². The van der Waals surface area contributed by atoms with Gasteiger partial charge in [0.15, 0.2) is 5.16 Å². The maximum absolute atomic E-state index is 13.1. The number of carbonyl (C=O) groups excluding carboxylic acids is 1. The summed E-state index contributed by atoms with van der Waals surface area (Å²) >= 11 is 1.34. The van der Waals surface area contributed by atoms with E-state index in [4.69, 9.17) is 4.74 Å². The Morgan fingerprint density at radius 3 is 2.61 bits per heavy atom. The molecular weight excluding hydrogens is 462 g/mol. The monoisotopic (exact) mass is 489 g/mol. The number of thioether (sulfide) groups is 1. The second-order valence-electron chi connectivity index (χ2n) is 7.74. The highest BCUT2D eigenvalue weighted by molar-refractivity contribution is 7.99. The van der Waals surface area contributed by atoms with E-state index in [0.29, 0.717) is 24.9 Å². The van der Waals surface area contributed by atoms with E-state index in [1.54, 1.807) is 30.5 Å². The third-order valence-corrected chi connectivity index (χ3v) is 8.46. The fourth-order valence-corrected chi connectivity index (χ4v) is 6.06. The number of ether oxygens (including phenoxy) is 1. The fourth-order valence-electron chi connectivity index (χ4n) is 3.76. The van der Waals surface area contributed by atoms with Crippen molar-refractivity contribution in [2.75, 3.05) is 45.6 Å². The van der Waals surface area contributed by atoms with Gasteiger partial charge >= 0.3 is 0 Å². The van der Waals surface area contributed by atoms with Crippen molar-refractivity contribution in [1.82, 2.24) is 24.0 Å². The van der Waals surface area contributed by atoms with Crippen molar-refractivity contribution >= 4 is 38.5 Å². The van der Waals surface area contributed by atoms with Gasteiger partial charge < -0.3 is 14.2 Å². The number of hydrogen-bond acceptors (Lipinski definition) is 7. The lowest BCUT2D eigenvalue weighted by atomic mass is 10.1. The number of aromatic nitrogens is 3. The Hall–Kier alpha value is -2.47. The Labute approximate surface area is 197 Å². The molecule has 4 rings (SSSR count). The minimum absolute atomic E-state index is 0.0332. The molecule has 176 valence electrons. The van der Waals surface area contributed by atoms with E-state index >= 15 is 0 Å². The summed E-state index contributed by atoms with van der Waals surface area (Å²) in [5, 5.41) is 10.6. The summed E-state index contributed by atoms with van der Waals surface area (Å²) in [5.74, 6) is 0.203. The molecule has 1 aliphatic heterocycles. The molecule has 1 aromatic heterocycles. The number of rotatable bonds is 9. The van der Waals surface area contributed by atoms with Crippen molar-refractivity contribution in [1.29, 1.82) is 0 Å². The summed E-state index contributed by atoms with van der Waals surface area (Å²) in [6, 6.07) is 12.9. The number of sulfonamides is 1. The summed E-state index contributed by atoms with van der Waals surface area (Å²) < 4.78 is 34.7. The van der Waals surface area contributed by atoms with E-state index in [-0.39, 0.29) is 29.6 Å². The standard InChI is InChI=1S/C22H27N5O4S2/c1-31-14-4-9-26-17-23-24-22(26)32-16-21(28)25-10-12-27(13-11-25)33(29,30)20-8-7-18-5-2-3-6-19(18)15-20/h2-3,5-8,15,17H,4,9-14,16H2,1H3. The van der Waals surface area contributed by atoms with Crippen LogP contribution in [-0.4, -0.2) is 83.9 Å². The van der Waals surface area contributed by atoms with Crippen LogP contribution in [0.25, 0.3) is 10.8 Å². The van der Waals surface area contributed by atoms with E-state index in [9.17, 15) is 13.2 Å². The molecule has 0 bridgehead atoms. The molecule has 1 amide bonds. The zero-order chi connectivity index (χ0) is 23.3. The molecule has 0 saturated carbocycles. The summed E-state index contributed by atoms with van der Waals surface area (Å²) in [6.07, 6.45) is 2.49. The van der Waals surface area contributed by atoms with Gasteiger partial charge in [-0.15, -0.1) is 10.2 Å². The maximum Gasteiger partial charge on any atom is 0.243 e. The summed E-state index contributed by atoms with van der Waals surface area (Å²) in [4.78, 5) is 14.7. The predicted molar refractivity (Wildman–Crippen MR) is 127 cm³/mol. The lowest BCUT2D eigenvalue weighted by Crippen LogP contribution is -2.50. The number of piperazine rings is 1. The Balaban J connectivity index is 1.32. The molecule has 1 aliphatic rings. The number of fused-ring (bicyclic) bond motifs is 1. The van der Waals surface area contributed by atoms with E-state index in [2.05, 4.69) is 10.2 Å². The Bertz CT molecular complexity index is 1210. The highest BCUT2D eigenvalue weighted by Crippen LogP contribution is 2.23. The van der Waals surface area contributed by atoms with Crippen molar-refractivity contribution in [3.8, 4) is 0 Å². The number of methoxy groups -OCH3 is 1. The van der Waals surface area contributed by atoms with Crippen LogP contribution >= 0.6 is 11.8 Å². The van der Waals surface area contributed by atoms with Gasteiger partial charge in [-0.25, -0.2) is 8.42 Å². The fraction of sp³-hybridized carbons (Fsp3) is 0.409. The van der Waals surface area contributed by atoms with Crippen molar-refractivity contribution in [2.45, 2.75) is 23.0 Å². The quantitative estimate of drug-likeness (QED) is 0.335. The van der Waals surface area contributed by atoms with Gasteiger partial charge in [-0.1, -0.05) is 42.1 Å². The van der Waals surface area contributed by atoms with E-state index in [1.165, 1.54) is 16.1 Å². The second kappa shape index (κ2) is 10.6. The largest absolute Gasteiger partial charge is 0.385 e. The SMILES string of the molecule is COCCCn1cnnc1SCC(=O)N1CCN(S(=O)(=O)c2ccc3ccccc3c2)CC1. The highest BCUT2D eigenvalue weighted by Gasteiger charge is 2.30. The van der Waals surface area contributed by atoms with Gasteiger partial charge in [0.2, 0.25) is 15.9 Å². The van der Waals surface area contributed by atoms with Crippen LogP contribution in [0.15, 0.2) is 58.8 Å². The average Bonchev–Trinajstić information content (AvgIpc) is 3.29. The zero-order valence-electron chi connectivity index (χ0n) is 18.5. The van der Waals surface area contributed by atoms with Crippen LogP contribution in [-0.2, 0) is 26.1 Å². The second-order valence-corrected chi connectivity index (χ2v) is 10.6. The molecule has 2 aromatic carbocycles. The Morgan fingerprint density at radius 1 is 1.09 bits per heavy atom. The van der Waals surface area contributed by atoms with Gasteiger partial charge in [0, 0.05) is 46.4 Å². The smallest absolute Gasteiger partial charge is 0.243 e. The molecule has 0 aliphatic carbocycles. The predicted octanol–water partition coefficient (Wildman–Crippen LogP) is 2.09. The molecule has 11 heteroatoms. The molecule has 33 heavy (non-hydrogen) atoms. The molecule has 0 unspecified atom stereocenters. The van der Waals surface area contributed by atoms with Gasteiger partial charge in [0.05, 0.1) is 10.6 Å². The Morgan fingerprint density at radius 2 is 1.85 bits per heavy atom. The maximum atomic E-state index is 13.1. The van der Waals surface area contributed by atoms with Crippen LogP contribution < -0.4 is 0 Å². The number of aryl methyl sites for hydroxylation is 1. The van der Waals surface area contributed by atoms with Crippen molar-refractivity contribution < 1.29 is 17.9 Å².